The van der Waals surface area contributed by atoms with E-state index in [4.69, 9.17) is 5.73 Å². The summed E-state index contributed by atoms with van der Waals surface area (Å²) < 4.78 is 14.0. The molecule has 5 heteroatoms. The Morgan fingerprint density at radius 1 is 1.41 bits per heavy atom. The van der Waals surface area contributed by atoms with Crippen LogP contribution in [0, 0.1) is 19.7 Å². The lowest BCUT2D eigenvalue weighted by Gasteiger charge is -2.11. The third-order valence-electron chi connectivity index (χ3n) is 2.60. The molecule has 2 aromatic rings. The Bertz CT molecular complexity index is 534. The summed E-state index contributed by atoms with van der Waals surface area (Å²) in [6, 6.07) is 4.12. The molecule has 0 aliphatic heterocycles. The van der Waals surface area contributed by atoms with Gasteiger partial charge in [0.15, 0.2) is 0 Å². The molecular weight excluding hydrogens is 303 g/mol. The van der Waals surface area contributed by atoms with Crippen molar-refractivity contribution in [2.75, 3.05) is 0 Å². The molecule has 17 heavy (non-hydrogen) atoms. The van der Waals surface area contributed by atoms with Crippen LogP contribution in [0.15, 0.2) is 22.7 Å². The average molecular weight is 315 g/mol. The fourth-order valence-corrected chi connectivity index (χ4v) is 2.95. The molecule has 0 amide bonds. The van der Waals surface area contributed by atoms with Crippen LogP contribution in [0.2, 0.25) is 0 Å². The molecule has 0 aliphatic carbocycles. The van der Waals surface area contributed by atoms with Crippen molar-refractivity contribution < 1.29 is 4.39 Å². The van der Waals surface area contributed by atoms with Gasteiger partial charge in [0.2, 0.25) is 0 Å². The SMILES string of the molecule is Cc1nc(C(N)c2cc(F)ccc2Br)sc1C. The summed E-state index contributed by atoms with van der Waals surface area (Å²) in [7, 11) is 0. The van der Waals surface area contributed by atoms with Gasteiger partial charge >= 0.3 is 0 Å². The van der Waals surface area contributed by atoms with Crippen LogP contribution >= 0.6 is 27.3 Å². The van der Waals surface area contributed by atoms with E-state index >= 15 is 0 Å². The van der Waals surface area contributed by atoms with Gasteiger partial charge in [-0.25, -0.2) is 9.37 Å². The normalized spacial score (nSPS) is 12.8. The summed E-state index contributed by atoms with van der Waals surface area (Å²) in [5.74, 6) is -0.288. The van der Waals surface area contributed by atoms with Crippen LogP contribution in [-0.4, -0.2) is 4.98 Å². The maximum Gasteiger partial charge on any atom is 0.123 e. The molecule has 1 aromatic carbocycles. The van der Waals surface area contributed by atoms with E-state index in [-0.39, 0.29) is 5.82 Å². The van der Waals surface area contributed by atoms with E-state index < -0.39 is 6.04 Å². The highest BCUT2D eigenvalue weighted by Crippen LogP contribution is 2.30. The number of nitrogens with zero attached hydrogens (tertiary/aromatic N) is 1. The Morgan fingerprint density at radius 2 is 2.12 bits per heavy atom. The first-order chi connectivity index (χ1) is 7.99. The molecule has 0 fully saturated rings. The van der Waals surface area contributed by atoms with Gasteiger partial charge in [0.05, 0.1) is 11.7 Å². The first kappa shape index (κ1) is 12.7. The van der Waals surface area contributed by atoms with Gasteiger partial charge in [-0.2, -0.15) is 0 Å². The molecular formula is C12H12BrFN2S. The molecule has 0 bridgehead atoms. The van der Waals surface area contributed by atoms with Crippen molar-refractivity contribution in [2.24, 2.45) is 5.73 Å². The third kappa shape index (κ3) is 2.56. The van der Waals surface area contributed by atoms with Gasteiger partial charge in [-0.3, -0.25) is 0 Å². The number of rotatable bonds is 2. The highest BCUT2D eigenvalue weighted by atomic mass is 79.9. The highest BCUT2D eigenvalue weighted by Gasteiger charge is 2.17. The maximum atomic E-state index is 13.2. The number of hydrogen-bond donors (Lipinski definition) is 1. The van der Waals surface area contributed by atoms with Crippen LogP contribution in [0.3, 0.4) is 0 Å². The number of benzene rings is 1. The Hall–Kier alpha value is -0.780. The number of nitrogens with two attached hydrogens (primary N) is 1. The molecule has 1 heterocycles. The lowest BCUT2D eigenvalue weighted by atomic mass is 10.1. The first-order valence-electron chi connectivity index (χ1n) is 5.13. The fraction of sp³-hybridized carbons (Fsp3) is 0.250. The summed E-state index contributed by atoms with van der Waals surface area (Å²) in [5, 5.41) is 0.811. The van der Waals surface area contributed by atoms with Crippen LogP contribution in [0.5, 0.6) is 0 Å². The molecule has 0 radical (unpaired) electrons. The minimum absolute atomic E-state index is 0.288. The van der Waals surface area contributed by atoms with Crippen molar-refractivity contribution >= 4 is 27.3 Å². The van der Waals surface area contributed by atoms with Crippen LogP contribution in [0.4, 0.5) is 4.39 Å². The summed E-state index contributed by atoms with van der Waals surface area (Å²) in [6.45, 7) is 3.95. The van der Waals surface area contributed by atoms with E-state index in [2.05, 4.69) is 20.9 Å². The van der Waals surface area contributed by atoms with Crippen molar-refractivity contribution in [2.45, 2.75) is 19.9 Å². The number of hydrogen-bond acceptors (Lipinski definition) is 3. The summed E-state index contributed by atoms with van der Waals surface area (Å²) in [6.07, 6.45) is 0. The molecule has 2 rings (SSSR count). The Morgan fingerprint density at radius 3 is 2.71 bits per heavy atom. The first-order valence-corrected chi connectivity index (χ1v) is 6.74. The molecule has 1 atom stereocenters. The molecule has 2 N–H and O–H groups in total. The monoisotopic (exact) mass is 314 g/mol. The predicted octanol–water partition coefficient (Wildman–Crippen LogP) is 3.71. The average Bonchev–Trinajstić information content (AvgIpc) is 2.62. The molecule has 0 aliphatic rings. The zero-order valence-corrected chi connectivity index (χ0v) is 11.9. The lowest BCUT2D eigenvalue weighted by molar-refractivity contribution is 0.623. The van der Waals surface area contributed by atoms with E-state index in [0.29, 0.717) is 0 Å². The van der Waals surface area contributed by atoms with Gasteiger partial charge in [-0.05, 0) is 37.6 Å². The Balaban J connectivity index is 2.42. The van der Waals surface area contributed by atoms with E-state index in [1.807, 2.05) is 13.8 Å². The van der Waals surface area contributed by atoms with Crippen LogP contribution < -0.4 is 5.73 Å². The van der Waals surface area contributed by atoms with Gasteiger partial charge in [0, 0.05) is 9.35 Å². The quantitative estimate of drug-likeness (QED) is 0.917. The Kier molecular flexibility index (Phi) is 3.61. The van der Waals surface area contributed by atoms with E-state index in [0.717, 1.165) is 25.6 Å². The van der Waals surface area contributed by atoms with Gasteiger partial charge in [0.1, 0.15) is 10.8 Å². The lowest BCUT2D eigenvalue weighted by Crippen LogP contribution is -2.12. The van der Waals surface area contributed by atoms with Gasteiger partial charge in [0.25, 0.3) is 0 Å². The molecule has 1 unspecified atom stereocenters. The van der Waals surface area contributed by atoms with Crippen molar-refractivity contribution in [3.63, 3.8) is 0 Å². The second kappa shape index (κ2) is 4.84. The second-order valence-corrected chi connectivity index (χ2v) is 5.93. The van der Waals surface area contributed by atoms with E-state index in [9.17, 15) is 4.39 Å². The fourth-order valence-electron chi connectivity index (χ4n) is 1.52. The van der Waals surface area contributed by atoms with Crippen molar-refractivity contribution in [1.82, 2.24) is 4.98 Å². The standard InChI is InChI=1S/C12H12BrFN2S/c1-6-7(2)17-12(16-6)11(15)9-5-8(14)3-4-10(9)13/h3-5,11H,15H2,1-2H3. The predicted molar refractivity (Wildman–Crippen MR) is 71.7 cm³/mol. The molecule has 0 saturated heterocycles. The van der Waals surface area contributed by atoms with Crippen LogP contribution in [0.1, 0.15) is 27.2 Å². The number of halogens is 2. The van der Waals surface area contributed by atoms with Crippen molar-refractivity contribution in [1.29, 1.82) is 0 Å². The van der Waals surface area contributed by atoms with E-state index in [1.165, 1.54) is 12.1 Å². The van der Waals surface area contributed by atoms with E-state index in [1.54, 1.807) is 17.4 Å². The molecule has 2 nitrogen and oxygen atoms in total. The van der Waals surface area contributed by atoms with Gasteiger partial charge in [-0.15, -0.1) is 11.3 Å². The topological polar surface area (TPSA) is 38.9 Å². The summed E-state index contributed by atoms with van der Waals surface area (Å²) >= 11 is 4.94. The zero-order valence-electron chi connectivity index (χ0n) is 9.50. The minimum Gasteiger partial charge on any atom is -0.318 e. The summed E-state index contributed by atoms with van der Waals surface area (Å²) in [5.41, 5.74) is 7.82. The largest absolute Gasteiger partial charge is 0.318 e. The van der Waals surface area contributed by atoms with Crippen molar-refractivity contribution in [3.05, 3.63) is 49.6 Å². The van der Waals surface area contributed by atoms with Gasteiger partial charge in [-0.1, -0.05) is 15.9 Å². The van der Waals surface area contributed by atoms with Crippen LogP contribution in [-0.2, 0) is 0 Å². The number of aryl methyl sites for hydroxylation is 2. The van der Waals surface area contributed by atoms with Crippen LogP contribution in [0.25, 0.3) is 0 Å². The highest BCUT2D eigenvalue weighted by molar-refractivity contribution is 9.10. The Labute approximate surface area is 112 Å². The minimum atomic E-state index is -0.391. The maximum absolute atomic E-state index is 13.2. The molecule has 90 valence electrons. The smallest absolute Gasteiger partial charge is 0.123 e. The van der Waals surface area contributed by atoms with Gasteiger partial charge < -0.3 is 5.73 Å². The molecule has 0 saturated carbocycles. The number of aromatic nitrogens is 1. The third-order valence-corrected chi connectivity index (χ3v) is 4.48. The van der Waals surface area contributed by atoms with Crippen molar-refractivity contribution in [3.8, 4) is 0 Å². The number of thiazole rings is 1. The molecule has 1 aromatic heterocycles. The summed E-state index contributed by atoms with van der Waals surface area (Å²) in [4.78, 5) is 5.55. The molecule has 0 spiro atoms. The second-order valence-electron chi connectivity index (χ2n) is 3.84. The zero-order chi connectivity index (χ0) is 12.6.